The van der Waals surface area contributed by atoms with Crippen molar-refractivity contribution in [3.05, 3.63) is 29.3 Å². The highest BCUT2D eigenvalue weighted by atomic mass is 35.5. The number of hydrogen-bond donors (Lipinski definition) is 2. The molecule has 1 aromatic rings. The summed E-state index contributed by atoms with van der Waals surface area (Å²) in [7, 11) is 0. The summed E-state index contributed by atoms with van der Waals surface area (Å²) in [6.45, 7) is 3.15. The van der Waals surface area contributed by atoms with Crippen LogP contribution in [0.4, 0.5) is 0 Å². The maximum Gasteiger partial charge on any atom is 0.220 e. The van der Waals surface area contributed by atoms with E-state index < -0.39 is 0 Å². The molecule has 1 amide bonds. The highest BCUT2D eigenvalue weighted by molar-refractivity contribution is 6.30. The lowest BCUT2D eigenvalue weighted by molar-refractivity contribution is -0.121. The molecule has 0 radical (unpaired) electrons. The lowest BCUT2D eigenvalue weighted by Gasteiger charge is -2.22. The average Bonchev–Trinajstić information content (AvgIpc) is 2.51. The van der Waals surface area contributed by atoms with E-state index in [1.807, 2.05) is 12.1 Å². The monoisotopic (exact) mass is 346 g/mol. The predicted molar refractivity (Wildman–Crippen MR) is 92.0 cm³/mol. The molecule has 124 valence electrons. The second kappa shape index (κ2) is 10.7. The Labute approximate surface area is 143 Å². The molecule has 1 saturated heterocycles. The van der Waals surface area contributed by atoms with Crippen LogP contribution in [-0.2, 0) is 4.79 Å². The topological polar surface area (TPSA) is 50.4 Å². The fourth-order valence-corrected chi connectivity index (χ4v) is 2.69. The summed E-state index contributed by atoms with van der Waals surface area (Å²) in [5.41, 5.74) is 0. The van der Waals surface area contributed by atoms with E-state index in [-0.39, 0.29) is 18.3 Å². The van der Waals surface area contributed by atoms with Crippen molar-refractivity contribution in [3.63, 3.8) is 0 Å². The van der Waals surface area contributed by atoms with Crippen LogP contribution in [0.2, 0.25) is 5.02 Å². The van der Waals surface area contributed by atoms with Crippen molar-refractivity contribution in [2.75, 3.05) is 26.2 Å². The number of hydrogen-bond acceptors (Lipinski definition) is 3. The minimum atomic E-state index is 0. The fraction of sp³-hybridized carbons (Fsp3) is 0.562. The molecule has 1 aliphatic heterocycles. The molecule has 6 heteroatoms. The van der Waals surface area contributed by atoms with Gasteiger partial charge >= 0.3 is 0 Å². The van der Waals surface area contributed by atoms with Crippen LogP contribution in [0.25, 0.3) is 0 Å². The van der Waals surface area contributed by atoms with Gasteiger partial charge in [-0.2, -0.15) is 0 Å². The normalized spacial score (nSPS) is 15.0. The van der Waals surface area contributed by atoms with Crippen LogP contribution in [0.3, 0.4) is 0 Å². The smallest absolute Gasteiger partial charge is 0.220 e. The molecule has 0 unspecified atom stereocenters. The molecular weight excluding hydrogens is 323 g/mol. The summed E-state index contributed by atoms with van der Waals surface area (Å²) in [6.07, 6.45) is 3.97. The number of benzene rings is 1. The van der Waals surface area contributed by atoms with Gasteiger partial charge in [-0.1, -0.05) is 17.7 Å². The Kier molecular flexibility index (Phi) is 9.28. The summed E-state index contributed by atoms with van der Waals surface area (Å²) in [6, 6.07) is 7.26. The predicted octanol–water partition coefficient (Wildman–Crippen LogP) is 3.04. The van der Waals surface area contributed by atoms with Crippen molar-refractivity contribution in [2.24, 2.45) is 5.92 Å². The van der Waals surface area contributed by atoms with E-state index >= 15 is 0 Å². The molecule has 0 saturated carbocycles. The summed E-state index contributed by atoms with van der Waals surface area (Å²) in [5.74, 6) is 1.54. The number of halogens is 2. The van der Waals surface area contributed by atoms with Gasteiger partial charge in [-0.25, -0.2) is 0 Å². The molecule has 2 rings (SSSR count). The van der Waals surface area contributed by atoms with Gasteiger partial charge in [0.05, 0.1) is 6.54 Å². The van der Waals surface area contributed by atoms with Gasteiger partial charge in [0.15, 0.2) is 0 Å². The molecule has 1 aliphatic rings. The Morgan fingerprint density at radius 2 is 2.14 bits per heavy atom. The Bertz CT molecular complexity index is 452. The van der Waals surface area contributed by atoms with Crippen LogP contribution < -0.4 is 15.4 Å². The van der Waals surface area contributed by atoms with Gasteiger partial charge in [0.2, 0.25) is 5.91 Å². The number of rotatable bonds is 7. The van der Waals surface area contributed by atoms with Crippen LogP contribution in [-0.4, -0.2) is 32.1 Å². The van der Waals surface area contributed by atoms with Crippen LogP contribution in [0.1, 0.15) is 25.7 Å². The first kappa shape index (κ1) is 19.1. The Morgan fingerprint density at radius 3 is 2.86 bits per heavy atom. The summed E-state index contributed by atoms with van der Waals surface area (Å²) in [5, 5.41) is 6.88. The molecule has 0 bridgehead atoms. The number of nitrogens with one attached hydrogen (secondary N) is 2. The van der Waals surface area contributed by atoms with Gasteiger partial charge < -0.3 is 15.4 Å². The van der Waals surface area contributed by atoms with E-state index in [9.17, 15) is 4.79 Å². The maximum atomic E-state index is 11.7. The lowest BCUT2D eigenvalue weighted by Crippen LogP contribution is -2.30. The number of carbonyl (C=O) groups excluding carboxylic acids is 1. The second-order valence-corrected chi connectivity index (χ2v) is 5.82. The molecule has 1 heterocycles. The number of carbonyl (C=O) groups is 1. The van der Waals surface area contributed by atoms with E-state index in [0.717, 1.165) is 25.3 Å². The largest absolute Gasteiger partial charge is 0.492 e. The SMILES string of the molecule is Cl.O=C(CCC1CCNCC1)NCCOc1cccc(Cl)c1. The maximum absolute atomic E-state index is 11.7. The molecule has 0 aliphatic carbocycles. The average molecular weight is 347 g/mol. The van der Waals surface area contributed by atoms with Gasteiger partial charge in [0.1, 0.15) is 12.4 Å². The van der Waals surface area contributed by atoms with E-state index in [4.69, 9.17) is 16.3 Å². The molecule has 1 fully saturated rings. The molecule has 0 atom stereocenters. The Hall–Kier alpha value is -0.970. The standard InChI is InChI=1S/C16H23ClN2O2.ClH/c17-14-2-1-3-15(12-14)21-11-10-19-16(20)5-4-13-6-8-18-9-7-13;/h1-3,12-13,18H,4-11H2,(H,19,20);1H. The van der Waals surface area contributed by atoms with Crippen LogP contribution in [0, 0.1) is 5.92 Å². The van der Waals surface area contributed by atoms with Crippen LogP contribution in [0.5, 0.6) is 5.75 Å². The quantitative estimate of drug-likeness (QED) is 0.746. The molecular formula is C16H24Cl2N2O2. The van der Waals surface area contributed by atoms with Crippen molar-refractivity contribution in [1.82, 2.24) is 10.6 Å². The zero-order chi connectivity index (χ0) is 14.9. The van der Waals surface area contributed by atoms with Gasteiger partial charge in [0.25, 0.3) is 0 Å². The minimum Gasteiger partial charge on any atom is -0.492 e. The van der Waals surface area contributed by atoms with Gasteiger partial charge in [0, 0.05) is 11.4 Å². The highest BCUT2D eigenvalue weighted by Gasteiger charge is 2.14. The zero-order valence-corrected chi connectivity index (χ0v) is 14.2. The molecule has 2 N–H and O–H groups in total. The van der Waals surface area contributed by atoms with Crippen LogP contribution >= 0.6 is 24.0 Å². The first-order valence-corrected chi connectivity index (χ1v) is 7.97. The van der Waals surface area contributed by atoms with Crippen LogP contribution in [0.15, 0.2) is 24.3 Å². The van der Waals surface area contributed by atoms with E-state index in [0.29, 0.717) is 30.5 Å². The van der Waals surface area contributed by atoms with Gasteiger partial charge in [-0.05, 0) is 56.5 Å². The third kappa shape index (κ3) is 7.34. The van der Waals surface area contributed by atoms with E-state index in [1.54, 1.807) is 12.1 Å². The lowest BCUT2D eigenvalue weighted by atomic mass is 9.93. The van der Waals surface area contributed by atoms with Gasteiger partial charge in [-0.15, -0.1) is 12.4 Å². The summed E-state index contributed by atoms with van der Waals surface area (Å²) < 4.78 is 5.52. The number of ether oxygens (including phenoxy) is 1. The Morgan fingerprint density at radius 1 is 1.36 bits per heavy atom. The van der Waals surface area contributed by atoms with Crippen molar-refractivity contribution in [1.29, 1.82) is 0 Å². The van der Waals surface area contributed by atoms with Crippen molar-refractivity contribution in [2.45, 2.75) is 25.7 Å². The highest BCUT2D eigenvalue weighted by Crippen LogP contribution is 2.18. The minimum absolute atomic E-state index is 0. The third-order valence-corrected chi connectivity index (χ3v) is 3.96. The molecule has 0 aromatic heterocycles. The first-order valence-electron chi connectivity index (χ1n) is 7.60. The van der Waals surface area contributed by atoms with Crippen molar-refractivity contribution in [3.8, 4) is 5.75 Å². The summed E-state index contributed by atoms with van der Waals surface area (Å²) in [4.78, 5) is 11.7. The van der Waals surface area contributed by atoms with Crippen molar-refractivity contribution >= 4 is 29.9 Å². The third-order valence-electron chi connectivity index (χ3n) is 3.73. The number of amides is 1. The molecule has 4 nitrogen and oxygen atoms in total. The van der Waals surface area contributed by atoms with Gasteiger partial charge in [-0.3, -0.25) is 4.79 Å². The fourth-order valence-electron chi connectivity index (χ4n) is 2.51. The van der Waals surface area contributed by atoms with Crippen molar-refractivity contribution < 1.29 is 9.53 Å². The van der Waals surface area contributed by atoms with E-state index in [1.165, 1.54) is 12.8 Å². The first-order chi connectivity index (χ1) is 10.2. The number of piperidine rings is 1. The molecule has 0 spiro atoms. The van der Waals surface area contributed by atoms with E-state index in [2.05, 4.69) is 10.6 Å². The second-order valence-electron chi connectivity index (χ2n) is 5.39. The molecule has 1 aromatic carbocycles. The Balaban J connectivity index is 0.00000242. The summed E-state index contributed by atoms with van der Waals surface area (Å²) >= 11 is 5.87. The molecule has 22 heavy (non-hydrogen) atoms. The zero-order valence-electron chi connectivity index (χ0n) is 12.6.